The highest BCUT2D eigenvalue weighted by molar-refractivity contribution is 4.96. The zero-order valence-corrected chi connectivity index (χ0v) is 7.19. The molecule has 0 spiro atoms. The van der Waals surface area contributed by atoms with E-state index in [1.807, 2.05) is 0 Å². The predicted octanol–water partition coefficient (Wildman–Crippen LogP) is 2.13. The first-order valence-corrected chi connectivity index (χ1v) is 3.62. The predicted molar refractivity (Wildman–Crippen MR) is 34.5 cm³/mol. The molecule has 3 nitrogen and oxygen atoms in total. The summed E-state index contributed by atoms with van der Waals surface area (Å²) in [5.74, 6) is -3.30. The van der Waals surface area contributed by atoms with Crippen LogP contribution in [0.3, 0.4) is 0 Å². The Morgan fingerprint density at radius 3 is 1.88 bits per heavy atom. The third-order valence-electron chi connectivity index (χ3n) is 1.27. The van der Waals surface area contributed by atoms with E-state index in [9.17, 15) is 30.7 Å². The summed E-state index contributed by atoms with van der Waals surface area (Å²) in [5.41, 5.74) is 0. The minimum atomic E-state index is -5.12. The molecule has 90 valence electrons. The van der Waals surface area contributed by atoms with Crippen LogP contribution in [0.25, 0.3) is 0 Å². The second-order valence-electron chi connectivity index (χ2n) is 2.63. The van der Waals surface area contributed by atoms with Crippen molar-refractivity contribution in [2.45, 2.75) is 18.8 Å². The number of aromatic nitrogens is 3. The normalized spacial score (nSPS) is 12.9. The lowest BCUT2D eigenvalue weighted by Gasteiger charge is -2.08. The summed E-state index contributed by atoms with van der Waals surface area (Å²) in [6.07, 6.45) is -13.7. The monoisotopic (exact) mass is 249 g/mol. The molecule has 0 bridgehead atoms. The zero-order chi connectivity index (χ0) is 12.6. The Morgan fingerprint density at radius 1 is 0.875 bits per heavy atom. The highest BCUT2D eigenvalue weighted by atomic mass is 19.4. The van der Waals surface area contributed by atoms with Crippen molar-refractivity contribution in [1.29, 1.82) is 0 Å². The first-order chi connectivity index (χ1) is 7.08. The Kier molecular flexibility index (Phi) is 3.01. The minimum absolute atomic E-state index is 1.31. The standard InChI is InChI=1S/C6H2F7N3/c7-4-15-2(1-5(8,9)10)14-3(16-4)6(11,12)13/h1H2. The fourth-order valence-electron chi connectivity index (χ4n) is 0.776. The van der Waals surface area contributed by atoms with Gasteiger partial charge in [-0.2, -0.15) is 40.7 Å². The summed E-state index contributed by atoms with van der Waals surface area (Å²) in [6, 6.07) is 0. The Hall–Kier alpha value is -1.48. The number of halogens is 7. The highest BCUT2D eigenvalue weighted by Gasteiger charge is 2.37. The van der Waals surface area contributed by atoms with Gasteiger partial charge in [0.1, 0.15) is 12.2 Å². The second kappa shape index (κ2) is 3.83. The molecule has 1 heterocycles. The lowest BCUT2D eigenvalue weighted by atomic mass is 10.4. The Bertz CT molecular complexity index is 383. The quantitative estimate of drug-likeness (QED) is 0.715. The van der Waals surface area contributed by atoms with E-state index in [0.29, 0.717) is 0 Å². The van der Waals surface area contributed by atoms with Crippen molar-refractivity contribution < 1.29 is 30.7 Å². The number of hydrogen-bond acceptors (Lipinski definition) is 3. The van der Waals surface area contributed by atoms with Crippen molar-refractivity contribution in [2.24, 2.45) is 0 Å². The van der Waals surface area contributed by atoms with Gasteiger partial charge in [-0.05, 0) is 0 Å². The Morgan fingerprint density at radius 2 is 1.44 bits per heavy atom. The lowest BCUT2D eigenvalue weighted by molar-refractivity contribution is -0.147. The van der Waals surface area contributed by atoms with E-state index < -0.39 is 36.5 Å². The van der Waals surface area contributed by atoms with Crippen LogP contribution in [0.5, 0.6) is 0 Å². The summed E-state index contributed by atoms with van der Waals surface area (Å²) >= 11 is 0. The van der Waals surface area contributed by atoms with Crippen molar-refractivity contribution in [3.05, 3.63) is 17.7 Å². The van der Waals surface area contributed by atoms with Crippen molar-refractivity contribution in [1.82, 2.24) is 15.0 Å². The van der Waals surface area contributed by atoms with Crippen molar-refractivity contribution in [2.75, 3.05) is 0 Å². The van der Waals surface area contributed by atoms with Gasteiger partial charge >= 0.3 is 18.4 Å². The van der Waals surface area contributed by atoms with Gasteiger partial charge in [0.25, 0.3) is 0 Å². The van der Waals surface area contributed by atoms with Gasteiger partial charge in [0.05, 0.1) is 0 Å². The zero-order valence-electron chi connectivity index (χ0n) is 7.19. The molecule has 16 heavy (non-hydrogen) atoms. The molecule has 0 saturated carbocycles. The molecule has 0 fully saturated rings. The van der Waals surface area contributed by atoms with Crippen molar-refractivity contribution in [3.8, 4) is 0 Å². The van der Waals surface area contributed by atoms with Gasteiger partial charge in [-0.3, -0.25) is 0 Å². The van der Waals surface area contributed by atoms with Crippen LogP contribution in [-0.2, 0) is 12.6 Å². The minimum Gasteiger partial charge on any atom is -0.209 e. The fraction of sp³-hybridized carbons (Fsp3) is 0.500. The van der Waals surface area contributed by atoms with E-state index in [4.69, 9.17) is 0 Å². The van der Waals surface area contributed by atoms with Crippen LogP contribution in [-0.4, -0.2) is 21.1 Å². The first-order valence-electron chi connectivity index (χ1n) is 3.62. The van der Waals surface area contributed by atoms with Gasteiger partial charge < -0.3 is 0 Å². The number of hydrogen-bond donors (Lipinski definition) is 0. The van der Waals surface area contributed by atoms with Crippen molar-refractivity contribution >= 4 is 0 Å². The molecule has 0 N–H and O–H groups in total. The molecule has 0 saturated heterocycles. The number of nitrogens with zero attached hydrogens (tertiary/aromatic N) is 3. The number of alkyl halides is 6. The van der Waals surface area contributed by atoms with E-state index in [2.05, 4.69) is 15.0 Å². The molecular weight excluding hydrogens is 247 g/mol. The maximum atomic E-state index is 12.4. The van der Waals surface area contributed by atoms with Gasteiger partial charge in [0.15, 0.2) is 0 Å². The summed E-state index contributed by atoms with van der Waals surface area (Å²) < 4.78 is 83.7. The second-order valence-corrected chi connectivity index (χ2v) is 2.63. The SMILES string of the molecule is Fc1nc(CC(F)(F)F)nc(C(F)(F)F)n1. The van der Waals surface area contributed by atoms with Crippen LogP contribution in [0.15, 0.2) is 0 Å². The van der Waals surface area contributed by atoms with Gasteiger partial charge in [-0.1, -0.05) is 0 Å². The van der Waals surface area contributed by atoms with E-state index in [1.54, 1.807) is 0 Å². The number of rotatable bonds is 1. The summed E-state index contributed by atoms with van der Waals surface area (Å²) in [4.78, 5) is 7.26. The van der Waals surface area contributed by atoms with Crippen LogP contribution in [0.2, 0.25) is 0 Å². The fourth-order valence-corrected chi connectivity index (χ4v) is 0.776. The average molecular weight is 249 g/mol. The Balaban J connectivity index is 3.09. The topological polar surface area (TPSA) is 38.7 Å². The molecular formula is C6H2F7N3. The maximum Gasteiger partial charge on any atom is 0.451 e. The van der Waals surface area contributed by atoms with Crippen LogP contribution >= 0.6 is 0 Å². The van der Waals surface area contributed by atoms with Crippen LogP contribution in [0.4, 0.5) is 30.7 Å². The van der Waals surface area contributed by atoms with Crippen molar-refractivity contribution in [3.63, 3.8) is 0 Å². The highest BCUT2D eigenvalue weighted by Crippen LogP contribution is 2.26. The molecule has 0 atom stereocenters. The van der Waals surface area contributed by atoms with E-state index >= 15 is 0 Å². The molecule has 10 heteroatoms. The molecule has 1 rings (SSSR count). The van der Waals surface area contributed by atoms with Crippen LogP contribution < -0.4 is 0 Å². The molecule has 0 unspecified atom stereocenters. The molecule has 0 amide bonds. The third-order valence-corrected chi connectivity index (χ3v) is 1.27. The van der Waals surface area contributed by atoms with Gasteiger partial charge in [-0.25, -0.2) is 4.98 Å². The van der Waals surface area contributed by atoms with Crippen LogP contribution in [0, 0.1) is 6.08 Å². The molecule has 0 aliphatic rings. The van der Waals surface area contributed by atoms with Gasteiger partial charge in [0, 0.05) is 0 Å². The average Bonchev–Trinajstić information content (AvgIpc) is 1.97. The van der Waals surface area contributed by atoms with E-state index in [0.717, 1.165) is 0 Å². The molecule has 0 aromatic carbocycles. The van der Waals surface area contributed by atoms with E-state index in [-0.39, 0.29) is 0 Å². The molecule has 1 aromatic heterocycles. The summed E-state index contributed by atoms with van der Waals surface area (Å²) in [5, 5.41) is 0. The summed E-state index contributed by atoms with van der Waals surface area (Å²) in [6.45, 7) is 0. The van der Waals surface area contributed by atoms with Gasteiger partial charge in [0.2, 0.25) is 5.82 Å². The van der Waals surface area contributed by atoms with Crippen LogP contribution in [0.1, 0.15) is 11.6 Å². The van der Waals surface area contributed by atoms with Gasteiger partial charge in [-0.15, -0.1) is 0 Å². The lowest BCUT2D eigenvalue weighted by Crippen LogP contribution is -2.20. The third kappa shape index (κ3) is 3.59. The largest absolute Gasteiger partial charge is 0.451 e. The Labute approximate surface area is 83.3 Å². The van der Waals surface area contributed by atoms with E-state index in [1.165, 1.54) is 0 Å². The first kappa shape index (κ1) is 12.6. The molecule has 0 aliphatic heterocycles. The maximum absolute atomic E-state index is 12.4. The summed E-state index contributed by atoms with van der Waals surface area (Å²) in [7, 11) is 0. The molecule has 1 aromatic rings. The molecule has 0 aliphatic carbocycles. The smallest absolute Gasteiger partial charge is 0.209 e. The molecule has 0 radical (unpaired) electrons.